The third-order valence-corrected chi connectivity index (χ3v) is 6.23. The Morgan fingerprint density at radius 1 is 1.00 bits per heavy atom. The largest absolute Gasteiger partial charge is 0.450 e. The van der Waals surface area contributed by atoms with Gasteiger partial charge in [0.25, 0.3) is 5.91 Å². The number of hydrogen-bond acceptors (Lipinski definition) is 4. The Bertz CT molecular complexity index is 1030. The van der Waals surface area contributed by atoms with Crippen LogP contribution in [0, 0.1) is 20.8 Å². The van der Waals surface area contributed by atoms with Gasteiger partial charge in [-0.2, -0.15) is 0 Å². The van der Waals surface area contributed by atoms with Gasteiger partial charge in [-0.05, 0) is 44.5 Å². The molecule has 0 spiro atoms. The van der Waals surface area contributed by atoms with Gasteiger partial charge in [0.1, 0.15) is 5.58 Å². The van der Waals surface area contributed by atoms with E-state index < -0.39 is 0 Å². The summed E-state index contributed by atoms with van der Waals surface area (Å²) in [4.78, 5) is 18.1. The van der Waals surface area contributed by atoms with Crippen LogP contribution in [0.2, 0.25) is 0 Å². The van der Waals surface area contributed by atoms with Crippen molar-refractivity contribution in [3.8, 4) is 0 Å². The average molecular weight is 406 g/mol. The molecule has 0 aliphatic carbocycles. The van der Waals surface area contributed by atoms with Gasteiger partial charge in [-0.15, -0.1) is 0 Å². The monoisotopic (exact) mass is 405 g/mol. The normalized spacial score (nSPS) is 16.7. The zero-order chi connectivity index (χ0) is 21.3. The first-order valence-corrected chi connectivity index (χ1v) is 10.7. The first kappa shape index (κ1) is 20.6. The minimum atomic E-state index is -0.148. The van der Waals surface area contributed by atoms with Gasteiger partial charge < -0.3 is 14.6 Å². The first-order valence-electron chi connectivity index (χ1n) is 10.7. The molecule has 30 heavy (non-hydrogen) atoms. The Morgan fingerprint density at radius 2 is 1.67 bits per heavy atom. The quantitative estimate of drug-likeness (QED) is 0.695. The molecular weight excluding hydrogens is 374 g/mol. The molecule has 158 valence electrons. The van der Waals surface area contributed by atoms with Crippen molar-refractivity contribution in [3.63, 3.8) is 0 Å². The Kier molecular flexibility index (Phi) is 5.93. The minimum absolute atomic E-state index is 0.0862. The number of aryl methyl sites for hydroxylation is 3. The molecule has 5 heteroatoms. The molecule has 1 N–H and O–H groups in total. The molecule has 1 amide bonds. The molecule has 0 radical (unpaired) electrons. The van der Waals surface area contributed by atoms with Crippen molar-refractivity contribution in [2.45, 2.75) is 26.8 Å². The highest BCUT2D eigenvalue weighted by atomic mass is 16.3. The van der Waals surface area contributed by atoms with Crippen LogP contribution in [0.1, 0.15) is 38.9 Å². The van der Waals surface area contributed by atoms with Crippen molar-refractivity contribution in [1.29, 1.82) is 0 Å². The smallest absolute Gasteiger partial charge is 0.287 e. The molecule has 1 aliphatic rings. The lowest BCUT2D eigenvalue weighted by Crippen LogP contribution is -2.47. The highest BCUT2D eigenvalue weighted by Gasteiger charge is 2.25. The van der Waals surface area contributed by atoms with E-state index in [0.717, 1.165) is 65.9 Å². The van der Waals surface area contributed by atoms with Gasteiger partial charge in [0.15, 0.2) is 5.76 Å². The van der Waals surface area contributed by atoms with E-state index in [1.54, 1.807) is 0 Å². The second kappa shape index (κ2) is 8.62. The zero-order valence-corrected chi connectivity index (χ0v) is 18.4. The van der Waals surface area contributed by atoms with Crippen molar-refractivity contribution in [2.24, 2.45) is 0 Å². The lowest BCUT2D eigenvalue weighted by molar-refractivity contribution is 0.0881. The maximum Gasteiger partial charge on any atom is 0.287 e. The molecule has 5 nitrogen and oxygen atoms in total. The van der Waals surface area contributed by atoms with E-state index >= 15 is 0 Å². The van der Waals surface area contributed by atoms with Crippen LogP contribution in [0.5, 0.6) is 0 Å². The Balaban J connectivity index is 1.60. The Hall–Kier alpha value is -2.63. The molecular formula is C25H31N3O2. The van der Waals surface area contributed by atoms with E-state index in [-0.39, 0.29) is 11.9 Å². The number of likely N-dealkylation sites (N-methyl/N-ethyl adjacent to an activating group) is 1. The molecule has 3 aromatic rings. The summed E-state index contributed by atoms with van der Waals surface area (Å²) < 4.78 is 6.08. The maximum atomic E-state index is 13.3. The molecule has 1 saturated heterocycles. The van der Waals surface area contributed by atoms with Crippen LogP contribution >= 0.6 is 0 Å². The van der Waals surface area contributed by atoms with Crippen molar-refractivity contribution in [1.82, 2.24) is 15.1 Å². The Labute approximate surface area is 178 Å². The number of benzene rings is 2. The lowest BCUT2D eigenvalue weighted by atomic mass is 10.0. The average Bonchev–Trinajstić information content (AvgIpc) is 3.11. The van der Waals surface area contributed by atoms with E-state index in [0.29, 0.717) is 5.76 Å². The third kappa shape index (κ3) is 4.13. The summed E-state index contributed by atoms with van der Waals surface area (Å²) in [5, 5.41) is 4.31. The van der Waals surface area contributed by atoms with Crippen LogP contribution in [0.4, 0.5) is 0 Å². The van der Waals surface area contributed by atoms with E-state index in [1.165, 1.54) is 0 Å². The number of nitrogens with zero attached hydrogens (tertiary/aromatic N) is 2. The van der Waals surface area contributed by atoms with Crippen molar-refractivity contribution >= 4 is 16.9 Å². The highest BCUT2D eigenvalue weighted by Crippen LogP contribution is 2.31. The number of nitrogens with one attached hydrogen (secondary N) is 1. The van der Waals surface area contributed by atoms with Crippen LogP contribution in [-0.2, 0) is 0 Å². The van der Waals surface area contributed by atoms with E-state index in [2.05, 4.69) is 47.3 Å². The second-order valence-corrected chi connectivity index (χ2v) is 8.50. The van der Waals surface area contributed by atoms with Crippen LogP contribution < -0.4 is 5.32 Å². The molecule has 2 aromatic carbocycles. The SMILES string of the molecule is Cc1ccc(C)c2c(C)c(C(=O)NC(CN3CCN(C)CC3)c3ccccc3)oc12. The number of fused-ring (bicyclic) bond motifs is 1. The molecule has 1 atom stereocenters. The van der Waals surface area contributed by atoms with Gasteiger partial charge in [-0.3, -0.25) is 9.69 Å². The fraction of sp³-hybridized carbons (Fsp3) is 0.400. The summed E-state index contributed by atoms with van der Waals surface area (Å²) in [6.07, 6.45) is 0. The lowest BCUT2D eigenvalue weighted by Gasteiger charge is -2.35. The predicted molar refractivity (Wildman–Crippen MR) is 121 cm³/mol. The first-order chi connectivity index (χ1) is 14.4. The van der Waals surface area contributed by atoms with Gasteiger partial charge in [-0.25, -0.2) is 0 Å². The van der Waals surface area contributed by atoms with Crippen LogP contribution in [0.3, 0.4) is 0 Å². The molecule has 1 aliphatic heterocycles. The molecule has 2 heterocycles. The topological polar surface area (TPSA) is 48.7 Å². The van der Waals surface area contributed by atoms with Crippen LogP contribution in [0.25, 0.3) is 11.0 Å². The summed E-state index contributed by atoms with van der Waals surface area (Å²) in [7, 11) is 2.15. The summed E-state index contributed by atoms with van der Waals surface area (Å²) in [5.41, 5.74) is 5.02. The third-order valence-electron chi connectivity index (χ3n) is 6.23. The standard InChI is InChI=1S/C25H31N3O2/c1-17-10-11-18(2)23-22(17)19(3)24(30-23)25(29)26-21(20-8-6-5-7-9-20)16-28-14-12-27(4)13-15-28/h5-11,21H,12-16H2,1-4H3,(H,26,29). The summed E-state index contributed by atoms with van der Waals surface area (Å²) in [5.74, 6) is 0.271. The van der Waals surface area contributed by atoms with E-state index in [1.807, 2.05) is 38.1 Å². The highest BCUT2D eigenvalue weighted by molar-refractivity contribution is 6.00. The molecule has 1 aromatic heterocycles. The number of piperazine rings is 1. The fourth-order valence-electron chi connectivity index (χ4n) is 4.32. The van der Waals surface area contributed by atoms with Gasteiger partial charge in [0, 0.05) is 43.7 Å². The Morgan fingerprint density at radius 3 is 2.33 bits per heavy atom. The summed E-state index contributed by atoms with van der Waals surface area (Å²) in [6, 6.07) is 14.3. The van der Waals surface area contributed by atoms with Crippen LogP contribution in [-0.4, -0.2) is 55.5 Å². The number of carbonyl (C=O) groups is 1. The van der Waals surface area contributed by atoms with Crippen molar-refractivity contribution in [2.75, 3.05) is 39.8 Å². The molecule has 0 saturated carbocycles. The maximum absolute atomic E-state index is 13.3. The molecule has 1 unspecified atom stereocenters. The number of rotatable bonds is 5. The minimum Gasteiger partial charge on any atom is -0.450 e. The summed E-state index contributed by atoms with van der Waals surface area (Å²) in [6.45, 7) is 11.0. The zero-order valence-electron chi connectivity index (χ0n) is 18.4. The van der Waals surface area contributed by atoms with Crippen molar-refractivity contribution in [3.05, 3.63) is 70.5 Å². The number of hydrogen-bond donors (Lipinski definition) is 1. The van der Waals surface area contributed by atoms with E-state index in [4.69, 9.17) is 4.42 Å². The summed E-state index contributed by atoms with van der Waals surface area (Å²) >= 11 is 0. The second-order valence-electron chi connectivity index (χ2n) is 8.50. The van der Waals surface area contributed by atoms with Gasteiger partial charge in [0.2, 0.25) is 0 Å². The van der Waals surface area contributed by atoms with Gasteiger partial charge >= 0.3 is 0 Å². The number of furan rings is 1. The molecule has 1 fully saturated rings. The number of carbonyl (C=O) groups excluding carboxylic acids is 1. The van der Waals surface area contributed by atoms with Crippen molar-refractivity contribution < 1.29 is 9.21 Å². The predicted octanol–water partition coefficient (Wildman–Crippen LogP) is 4.08. The van der Waals surface area contributed by atoms with Gasteiger partial charge in [0.05, 0.1) is 6.04 Å². The molecule has 4 rings (SSSR count). The van der Waals surface area contributed by atoms with Gasteiger partial charge in [-0.1, -0.05) is 42.5 Å². The van der Waals surface area contributed by atoms with E-state index in [9.17, 15) is 4.79 Å². The molecule has 0 bridgehead atoms. The number of amides is 1. The van der Waals surface area contributed by atoms with Crippen LogP contribution in [0.15, 0.2) is 46.9 Å². The fourth-order valence-corrected chi connectivity index (χ4v) is 4.32.